The van der Waals surface area contributed by atoms with Crippen LogP contribution in [0.3, 0.4) is 0 Å². The zero-order valence-corrected chi connectivity index (χ0v) is 13.7. The molecule has 1 unspecified atom stereocenters. The van der Waals surface area contributed by atoms with Crippen LogP contribution >= 0.6 is 0 Å². The molecule has 2 amide bonds. The van der Waals surface area contributed by atoms with Crippen molar-refractivity contribution in [3.8, 4) is 0 Å². The van der Waals surface area contributed by atoms with E-state index in [2.05, 4.69) is 10.6 Å². The van der Waals surface area contributed by atoms with Crippen molar-refractivity contribution >= 4 is 17.5 Å². The largest absolute Gasteiger partial charge is 0.340 e. The molecule has 0 bridgehead atoms. The maximum absolute atomic E-state index is 12.5. The number of rotatable bonds is 5. The van der Waals surface area contributed by atoms with Crippen LogP contribution in [0, 0.1) is 12.8 Å². The van der Waals surface area contributed by atoms with Crippen LogP contribution in [0.1, 0.15) is 29.8 Å². The SMILES string of the molecule is Cc1cccc(C(=O)NC(C(=O)Nc2ccccc2)C(C)C)c1. The highest BCUT2D eigenvalue weighted by atomic mass is 16.2. The number of carbonyl (C=O) groups is 2. The monoisotopic (exact) mass is 310 g/mol. The van der Waals surface area contributed by atoms with Crippen molar-refractivity contribution in [1.82, 2.24) is 5.32 Å². The van der Waals surface area contributed by atoms with E-state index >= 15 is 0 Å². The number of hydrogen-bond acceptors (Lipinski definition) is 2. The number of benzene rings is 2. The summed E-state index contributed by atoms with van der Waals surface area (Å²) in [5, 5.41) is 5.67. The molecule has 0 saturated carbocycles. The predicted octanol–water partition coefficient (Wildman–Crippen LogP) is 3.39. The average molecular weight is 310 g/mol. The Morgan fingerprint density at radius 3 is 2.26 bits per heavy atom. The van der Waals surface area contributed by atoms with E-state index in [9.17, 15) is 9.59 Å². The van der Waals surface area contributed by atoms with Gasteiger partial charge in [0.15, 0.2) is 0 Å². The van der Waals surface area contributed by atoms with Gasteiger partial charge in [-0.2, -0.15) is 0 Å². The molecule has 2 aromatic carbocycles. The third-order valence-corrected chi connectivity index (χ3v) is 3.56. The van der Waals surface area contributed by atoms with Gasteiger partial charge in [0.05, 0.1) is 0 Å². The molecular weight excluding hydrogens is 288 g/mol. The summed E-state index contributed by atoms with van der Waals surface area (Å²) in [5.74, 6) is -0.477. The molecule has 0 aromatic heterocycles. The molecule has 0 fully saturated rings. The van der Waals surface area contributed by atoms with E-state index in [4.69, 9.17) is 0 Å². The first kappa shape index (κ1) is 16.7. The van der Waals surface area contributed by atoms with Crippen LogP contribution in [-0.4, -0.2) is 17.9 Å². The third kappa shape index (κ3) is 4.68. The molecule has 2 rings (SSSR count). The highest BCUT2D eigenvalue weighted by molar-refractivity contribution is 6.01. The molecule has 4 heteroatoms. The summed E-state index contributed by atoms with van der Waals surface area (Å²) in [5.41, 5.74) is 2.28. The molecule has 0 aliphatic carbocycles. The number of carbonyl (C=O) groups excluding carboxylic acids is 2. The summed E-state index contributed by atoms with van der Waals surface area (Å²) in [6.45, 7) is 5.75. The van der Waals surface area contributed by atoms with Crippen LogP contribution in [0.4, 0.5) is 5.69 Å². The van der Waals surface area contributed by atoms with Crippen LogP contribution in [-0.2, 0) is 4.79 Å². The van der Waals surface area contributed by atoms with E-state index in [0.717, 1.165) is 5.56 Å². The lowest BCUT2D eigenvalue weighted by Gasteiger charge is -2.22. The molecule has 4 nitrogen and oxygen atoms in total. The van der Waals surface area contributed by atoms with Gasteiger partial charge in [0, 0.05) is 11.3 Å². The van der Waals surface area contributed by atoms with E-state index < -0.39 is 6.04 Å². The fourth-order valence-electron chi connectivity index (χ4n) is 2.29. The first-order valence-corrected chi connectivity index (χ1v) is 7.71. The first-order valence-electron chi connectivity index (χ1n) is 7.71. The zero-order chi connectivity index (χ0) is 16.8. The molecule has 1 atom stereocenters. The van der Waals surface area contributed by atoms with Gasteiger partial charge >= 0.3 is 0 Å². The van der Waals surface area contributed by atoms with Gasteiger partial charge in [0.1, 0.15) is 6.04 Å². The number of aryl methyl sites for hydroxylation is 1. The smallest absolute Gasteiger partial charge is 0.251 e. The number of nitrogens with one attached hydrogen (secondary N) is 2. The standard InChI is InChI=1S/C19H22N2O2/c1-13(2)17(19(23)20-16-10-5-4-6-11-16)21-18(22)15-9-7-8-14(3)12-15/h4-13,17H,1-3H3,(H,20,23)(H,21,22). The van der Waals surface area contributed by atoms with E-state index in [0.29, 0.717) is 11.3 Å². The molecule has 23 heavy (non-hydrogen) atoms. The van der Waals surface area contributed by atoms with Crippen molar-refractivity contribution in [2.24, 2.45) is 5.92 Å². The summed E-state index contributed by atoms with van der Waals surface area (Å²) < 4.78 is 0. The minimum Gasteiger partial charge on any atom is -0.340 e. The van der Waals surface area contributed by atoms with E-state index in [1.165, 1.54) is 0 Å². The van der Waals surface area contributed by atoms with Gasteiger partial charge in [-0.05, 0) is 37.1 Å². The van der Waals surface area contributed by atoms with Crippen LogP contribution < -0.4 is 10.6 Å². The number of para-hydroxylation sites is 1. The van der Waals surface area contributed by atoms with Crippen LogP contribution in [0.2, 0.25) is 0 Å². The second-order valence-electron chi connectivity index (χ2n) is 5.92. The lowest BCUT2D eigenvalue weighted by atomic mass is 10.0. The number of amides is 2. The molecule has 0 radical (unpaired) electrons. The Labute approximate surface area is 136 Å². The van der Waals surface area contributed by atoms with E-state index in [-0.39, 0.29) is 17.7 Å². The zero-order valence-electron chi connectivity index (χ0n) is 13.7. The van der Waals surface area contributed by atoms with Gasteiger partial charge in [-0.1, -0.05) is 49.7 Å². The van der Waals surface area contributed by atoms with Crippen molar-refractivity contribution in [3.63, 3.8) is 0 Å². The summed E-state index contributed by atoms with van der Waals surface area (Å²) in [7, 11) is 0. The Kier molecular flexibility index (Phi) is 5.52. The quantitative estimate of drug-likeness (QED) is 0.889. The van der Waals surface area contributed by atoms with Crippen molar-refractivity contribution in [1.29, 1.82) is 0 Å². The Morgan fingerprint density at radius 2 is 1.65 bits per heavy atom. The molecular formula is C19H22N2O2. The van der Waals surface area contributed by atoms with Gasteiger partial charge in [-0.25, -0.2) is 0 Å². The van der Waals surface area contributed by atoms with Gasteiger partial charge in [0.25, 0.3) is 5.91 Å². The van der Waals surface area contributed by atoms with Crippen molar-refractivity contribution in [2.75, 3.05) is 5.32 Å². The van der Waals surface area contributed by atoms with Gasteiger partial charge in [0.2, 0.25) is 5.91 Å². The van der Waals surface area contributed by atoms with Gasteiger partial charge < -0.3 is 10.6 Å². The van der Waals surface area contributed by atoms with Crippen molar-refractivity contribution in [2.45, 2.75) is 26.8 Å². The highest BCUT2D eigenvalue weighted by Crippen LogP contribution is 2.11. The Morgan fingerprint density at radius 1 is 0.957 bits per heavy atom. The fourth-order valence-corrected chi connectivity index (χ4v) is 2.29. The minimum atomic E-state index is -0.594. The molecule has 2 aromatic rings. The fraction of sp³-hybridized carbons (Fsp3) is 0.263. The maximum Gasteiger partial charge on any atom is 0.251 e. The van der Waals surface area contributed by atoms with Crippen LogP contribution in [0.25, 0.3) is 0 Å². The number of hydrogen-bond donors (Lipinski definition) is 2. The van der Waals surface area contributed by atoms with E-state index in [1.807, 2.05) is 69.3 Å². The summed E-state index contributed by atoms with van der Waals surface area (Å²) in [4.78, 5) is 24.8. The second-order valence-corrected chi connectivity index (χ2v) is 5.92. The van der Waals surface area contributed by atoms with Crippen molar-refractivity contribution < 1.29 is 9.59 Å². The summed E-state index contributed by atoms with van der Waals surface area (Å²) in [6.07, 6.45) is 0. The Bertz CT molecular complexity index is 681. The molecule has 120 valence electrons. The van der Waals surface area contributed by atoms with Crippen LogP contribution in [0.5, 0.6) is 0 Å². The number of anilines is 1. The molecule has 0 aliphatic rings. The predicted molar refractivity (Wildman–Crippen MR) is 92.3 cm³/mol. The molecule has 0 spiro atoms. The van der Waals surface area contributed by atoms with Crippen LogP contribution in [0.15, 0.2) is 54.6 Å². The molecule has 2 N–H and O–H groups in total. The van der Waals surface area contributed by atoms with Crippen molar-refractivity contribution in [3.05, 3.63) is 65.7 Å². The third-order valence-electron chi connectivity index (χ3n) is 3.56. The second kappa shape index (κ2) is 7.58. The average Bonchev–Trinajstić information content (AvgIpc) is 2.52. The highest BCUT2D eigenvalue weighted by Gasteiger charge is 2.24. The molecule has 0 heterocycles. The normalized spacial score (nSPS) is 11.8. The summed E-state index contributed by atoms with van der Waals surface area (Å²) >= 11 is 0. The summed E-state index contributed by atoms with van der Waals surface area (Å²) in [6, 6.07) is 15.9. The molecule has 0 aliphatic heterocycles. The van der Waals surface area contributed by atoms with Gasteiger partial charge in [-0.3, -0.25) is 9.59 Å². The Balaban J connectivity index is 2.09. The Hall–Kier alpha value is -2.62. The lowest BCUT2D eigenvalue weighted by molar-refractivity contribution is -0.118. The molecule has 0 saturated heterocycles. The van der Waals surface area contributed by atoms with E-state index in [1.54, 1.807) is 6.07 Å². The minimum absolute atomic E-state index is 0.0209. The first-order chi connectivity index (χ1) is 11.0. The topological polar surface area (TPSA) is 58.2 Å². The lowest BCUT2D eigenvalue weighted by Crippen LogP contribution is -2.47. The maximum atomic E-state index is 12.5. The van der Waals surface area contributed by atoms with Gasteiger partial charge in [-0.15, -0.1) is 0 Å².